The fraction of sp³-hybridized carbons (Fsp3) is 0.194. The number of hydrogen-bond donors (Lipinski definition) is 1. The average molecular weight is 638 g/mol. The lowest BCUT2D eigenvalue weighted by molar-refractivity contribution is -0.138. The van der Waals surface area contributed by atoms with Gasteiger partial charge >= 0.3 is 5.97 Å². The zero-order valence-electron chi connectivity index (χ0n) is 22.0. The van der Waals surface area contributed by atoms with Crippen molar-refractivity contribution >= 4 is 56.6 Å². The predicted octanol–water partition coefficient (Wildman–Crippen LogP) is 6.18. The van der Waals surface area contributed by atoms with Crippen LogP contribution in [0.25, 0.3) is 11.8 Å². The molecule has 3 aromatic carbocycles. The van der Waals surface area contributed by atoms with Gasteiger partial charge in [0, 0.05) is 15.6 Å². The van der Waals surface area contributed by atoms with E-state index in [4.69, 9.17) is 21.3 Å². The van der Waals surface area contributed by atoms with Crippen molar-refractivity contribution in [1.82, 2.24) is 4.57 Å². The molecule has 0 spiro atoms. The van der Waals surface area contributed by atoms with Gasteiger partial charge in [0.1, 0.15) is 5.75 Å². The number of nitrogens with zero attached hydrogens (tertiary/aromatic N) is 2. The Balaban J connectivity index is 1.83. The second-order valence-electron chi connectivity index (χ2n) is 9.58. The van der Waals surface area contributed by atoms with Crippen molar-refractivity contribution in [3.63, 3.8) is 0 Å². The maximum atomic E-state index is 14.0. The molecule has 0 saturated heterocycles. The van der Waals surface area contributed by atoms with Gasteiger partial charge in [0.15, 0.2) is 4.80 Å². The number of thiazole rings is 1. The first-order chi connectivity index (χ1) is 19.2. The van der Waals surface area contributed by atoms with Crippen LogP contribution in [0.3, 0.4) is 0 Å². The monoisotopic (exact) mass is 636 g/mol. The van der Waals surface area contributed by atoms with Crippen LogP contribution < -0.4 is 14.9 Å². The van der Waals surface area contributed by atoms with Crippen LogP contribution in [-0.2, 0) is 9.53 Å². The van der Waals surface area contributed by atoms with E-state index >= 15 is 0 Å². The lowest BCUT2D eigenvalue weighted by Gasteiger charge is -2.26. The number of hydrogen-bond acceptors (Lipinski definition) is 6. The van der Waals surface area contributed by atoms with Gasteiger partial charge in [-0.05, 0) is 42.2 Å². The molecule has 1 aromatic heterocycles. The second kappa shape index (κ2) is 11.6. The third kappa shape index (κ3) is 5.31. The number of halogens is 2. The van der Waals surface area contributed by atoms with Crippen LogP contribution in [0, 0.1) is 0 Å². The minimum atomic E-state index is -0.770. The molecule has 0 radical (unpaired) electrons. The molecule has 6 nitrogen and oxygen atoms in total. The third-order valence-electron chi connectivity index (χ3n) is 6.64. The summed E-state index contributed by atoms with van der Waals surface area (Å²) < 4.78 is 8.05. The number of rotatable bonds is 6. The van der Waals surface area contributed by atoms with Gasteiger partial charge in [-0.1, -0.05) is 107 Å². The highest BCUT2D eigenvalue weighted by molar-refractivity contribution is 9.10. The maximum absolute atomic E-state index is 14.0. The van der Waals surface area contributed by atoms with E-state index in [-0.39, 0.29) is 28.5 Å². The molecule has 1 atom stereocenters. The number of aromatic nitrogens is 1. The number of fused-ring (bicyclic) bond motifs is 1. The molecule has 1 N–H and O–H groups in total. The number of ether oxygens (including phenoxy) is 1. The molecule has 0 bridgehead atoms. The summed E-state index contributed by atoms with van der Waals surface area (Å²) in [7, 11) is 0. The normalized spacial score (nSPS) is 15.2. The van der Waals surface area contributed by atoms with E-state index in [9.17, 15) is 14.7 Å². The number of carbonyl (C=O) groups excluding carboxylic acids is 1. The van der Waals surface area contributed by atoms with E-state index in [2.05, 4.69) is 29.8 Å². The molecule has 9 heteroatoms. The van der Waals surface area contributed by atoms with Crippen LogP contribution in [0.1, 0.15) is 55.0 Å². The lowest BCUT2D eigenvalue weighted by Crippen LogP contribution is -2.40. The van der Waals surface area contributed by atoms with Crippen LogP contribution in [-0.4, -0.2) is 22.2 Å². The van der Waals surface area contributed by atoms with Crippen LogP contribution >= 0.6 is 38.9 Å². The first-order valence-electron chi connectivity index (χ1n) is 12.8. The standard InChI is InChI=1S/C31H26BrClN2O4S/c1-4-39-30(38)25-26(19-8-6-5-7-9-19)34-31-35(27(25)20-12-10-18(11-13-20)17(2)3)29(37)24(40-31)15-21-14-22(32)16-23(33)28(21)36/h5-17,27,36H,4H2,1-3H3/b24-15-/t27-/m1/s1. The van der Waals surface area contributed by atoms with Crippen molar-refractivity contribution in [1.29, 1.82) is 0 Å². The Labute approximate surface area is 248 Å². The number of benzene rings is 3. The summed E-state index contributed by atoms with van der Waals surface area (Å²) in [5.74, 6) is -0.344. The third-order valence-corrected chi connectivity index (χ3v) is 8.37. The summed E-state index contributed by atoms with van der Waals surface area (Å²) >= 11 is 10.8. The summed E-state index contributed by atoms with van der Waals surface area (Å²) in [6, 6.07) is 19.8. The van der Waals surface area contributed by atoms with Gasteiger partial charge in [-0.15, -0.1) is 0 Å². The summed E-state index contributed by atoms with van der Waals surface area (Å²) in [5.41, 5.74) is 3.43. The molecular weight excluding hydrogens is 612 g/mol. The molecule has 40 heavy (non-hydrogen) atoms. The zero-order valence-corrected chi connectivity index (χ0v) is 25.2. The zero-order chi connectivity index (χ0) is 28.6. The number of phenolic OH excluding ortho intramolecular Hbond substituents is 1. The number of aromatic hydroxyl groups is 1. The van der Waals surface area contributed by atoms with Gasteiger partial charge in [-0.3, -0.25) is 9.36 Å². The molecule has 1 aliphatic rings. The minimum Gasteiger partial charge on any atom is -0.506 e. The Morgan fingerprint density at radius 1 is 1.18 bits per heavy atom. The maximum Gasteiger partial charge on any atom is 0.338 e. The lowest BCUT2D eigenvalue weighted by atomic mass is 9.91. The van der Waals surface area contributed by atoms with E-state index in [1.807, 2.05) is 54.6 Å². The van der Waals surface area contributed by atoms with Gasteiger partial charge in [0.05, 0.1) is 33.5 Å². The van der Waals surface area contributed by atoms with E-state index < -0.39 is 12.0 Å². The van der Waals surface area contributed by atoms with Gasteiger partial charge in [0.2, 0.25) is 0 Å². The molecule has 5 rings (SSSR count). The first kappa shape index (κ1) is 28.1. The topological polar surface area (TPSA) is 80.9 Å². The summed E-state index contributed by atoms with van der Waals surface area (Å²) in [6.45, 7) is 6.15. The Kier molecular flexibility index (Phi) is 8.12. The van der Waals surface area contributed by atoms with Crippen molar-refractivity contribution in [2.75, 3.05) is 6.61 Å². The van der Waals surface area contributed by atoms with Gasteiger partial charge in [-0.2, -0.15) is 0 Å². The largest absolute Gasteiger partial charge is 0.506 e. The molecule has 0 saturated carbocycles. The highest BCUT2D eigenvalue weighted by Gasteiger charge is 2.35. The van der Waals surface area contributed by atoms with Crippen LogP contribution in [0.15, 0.2) is 86.6 Å². The predicted molar refractivity (Wildman–Crippen MR) is 162 cm³/mol. The Morgan fingerprint density at radius 3 is 2.52 bits per heavy atom. The number of phenols is 1. The van der Waals surface area contributed by atoms with Crippen molar-refractivity contribution in [3.8, 4) is 5.75 Å². The fourth-order valence-corrected chi connectivity index (χ4v) is 6.48. The Morgan fingerprint density at radius 2 is 1.88 bits per heavy atom. The molecule has 0 amide bonds. The van der Waals surface area contributed by atoms with E-state index in [1.54, 1.807) is 25.1 Å². The molecule has 0 aliphatic carbocycles. The second-order valence-corrected chi connectivity index (χ2v) is 11.9. The van der Waals surface area contributed by atoms with Gasteiger partial charge in [0.25, 0.3) is 5.56 Å². The number of carbonyl (C=O) groups is 1. The molecule has 0 unspecified atom stereocenters. The fourth-order valence-electron chi connectivity index (χ4n) is 4.66. The van der Waals surface area contributed by atoms with Crippen LogP contribution in [0.4, 0.5) is 0 Å². The first-order valence-corrected chi connectivity index (χ1v) is 14.7. The molecular formula is C31H26BrClN2O4S. The van der Waals surface area contributed by atoms with Crippen molar-refractivity contribution in [2.24, 2.45) is 4.99 Å². The Hall–Kier alpha value is -3.46. The number of esters is 1. The van der Waals surface area contributed by atoms with E-state index in [1.165, 1.54) is 15.9 Å². The highest BCUT2D eigenvalue weighted by Crippen LogP contribution is 2.36. The average Bonchev–Trinajstić information content (AvgIpc) is 3.25. The molecule has 2 heterocycles. The van der Waals surface area contributed by atoms with E-state index in [0.717, 1.165) is 16.7 Å². The van der Waals surface area contributed by atoms with Crippen molar-refractivity contribution in [2.45, 2.75) is 32.7 Å². The summed E-state index contributed by atoms with van der Waals surface area (Å²) in [6.07, 6.45) is 1.59. The molecule has 204 valence electrons. The van der Waals surface area contributed by atoms with Crippen LogP contribution in [0.2, 0.25) is 5.02 Å². The molecule has 0 fully saturated rings. The highest BCUT2D eigenvalue weighted by atomic mass is 79.9. The minimum absolute atomic E-state index is 0.131. The van der Waals surface area contributed by atoms with Gasteiger partial charge in [-0.25, -0.2) is 9.79 Å². The molecule has 4 aromatic rings. The molecule has 1 aliphatic heterocycles. The SMILES string of the molecule is CCOC(=O)C1=C(c2ccccc2)N=c2s/c(=C\c3cc(Br)cc(Cl)c3O)c(=O)n2[C@@H]1c1ccc(C(C)C)cc1. The van der Waals surface area contributed by atoms with Crippen molar-refractivity contribution < 1.29 is 14.6 Å². The van der Waals surface area contributed by atoms with Crippen molar-refractivity contribution in [3.05, 3.63) is 124 Å². The quantitative estimate of drug-likeness (QED) is 0.256. The van der Waals surface area contributed by atoms with Gasteiger partial charge < -0.3 is 9.84 Å². The smallest absolute Gasteiger partial charge is 0.338 e. The summed E-state index contributed by atoms with van der Waals surface area (Å²) in [4.78, 5) is 32.9. The summed E-state index contributed by atoms with van der Waals surface area (Å²) in [5, 5.41) is 10.7. The van der Waals surface area contributed by atoms with E-state index in [0.29, 0.717) is 31.0 Å². The van der Waals surface area contributed by atoms with Crippen LogP contribution in [0.5, 0.6) is 5.75 Å². The Bertz CT molecular complexity index is 1810.